The van der Waals surface area contributed by atoms with Gasteiger partial charge >= 0.3 is 0 Å². The second-order valence-electron chi connectivity index (χ2n) is 5.98. The normalized spacial score (nSPS) is 16.2. The Hall–Kier alpha value is -2.11. The van der Waals surface area contributed by atoms with Crippen LogP contribution in [0.1, 0.15) is 22.8 Å². The molecule has 0 fully saturated rings. The van der Waals surface area contributed by atoms with Crippen molar-refractivity contribution in [2.45, 2.75) is 12.3 Å². The predicted molar refractivity (Wildman–Crippen MR) is 106 cm³/mol. The van der Waals surface area contributed by atoms with Crippen molar-refractivity contribution >= 4 is 38.9 Å². The molecule has 3 aromatic rings. The summed E-state index contributed by atoms with van der Waals surface area (Å²) in [6.45, 7) is 0. The summed E-state index contributed by atoms with van der Waals surface area (Å²) in [4.78, 5) is 13.5. The van der Waals surface area contributed by atoms with Crippen molar-refractivity contribution in [3.8, 4) is 16.9 Å². The van der Waals surface area contributed by atoms with Gasteiger partial charge in [0.2, 0.25) is 5.91 Å². The molecule has 0 radical (unpaired) electrons. The molecule has 0 saturated carbocycles. The zero-order valence-electron chi connectivity index (χ0n) is 13.6. The molecule has 1 N–H and O–H groups in total. The first-order valence-electron chi connectivity index (χ1n) is 7.97. The maximum Gasteiger partial charge on any atom is 0.225 e. The zero-order valence-corrected chi connectivity index (χ0v) is 16.0. The van der Waals surface area contributed by atoms with Gasteiger partial charge in [0.25, 0.3) is 0 Å². The fourth-order valence-electron chi connectivity index (χ4n) is 3.20. The number of benzene rings is 2. The van der Waals surface area contributed by atoms with Crippen LogP contribution in [0.2, 0.25) is 0 Å². The van der Waals surface area contributed by atoms with Crippen LogP contribution in [0.5, 0.6) is 5.75 Å². The van der Waals surface area contributed by atoms with Crippen LogP contribution in [0, 0.1) is 0 Å². The van der Waals surface area contributed by atoms with Crippen LogP contribution in [-0.4, -0.2) is 13.0 Å². The number of rotatable bonds is 3. The number of methoxy groups -OCH3 is 1. The van der Waals surface area contributed by atoms with Crippen molar-refractivity contribution in [3.63, 3.8) is 0 Å². The Kier molecular flexibility index (Phi) is 4.36. The summed E-state index contributed by atoms with van der Waals surface area (Å²) in [5.41, 5.74) is 4.24. The number of thiophene rings is 1. The average Bonchev–Trinajstić information content (AvgIpc) is 3.04. The number of fused-ring (bicyclic) bond motifs is 1. The first-order chi connectivity index (χ1) is 12.2. The topological polar surface area (TPSA) is 38.3 Å². The van der Waals surface area contributed by atoms with Crippen molar-refractivity contribution < 1.29 is 9.53 Å². The molecule has 5 heteroatoms. The summed E-state index contributed by atoms with van der Waals surface area (Å²) in [6, 6.07) is 16.1. The molecule has 1 aliphatic heterocycles. The highest BCUT2D eigenvalue weighted by molar-refractivity contribution is 9.10. The smallest absolute Gasteiger partial charge is 0.225 e. The summed E-state index contributed by atoms with van der Waals surface area (Å²) in [7, 11) is 1.66. The standard InChI is InChI=1S/C20H16BrNO2S/c1-24-15-7-5-12(6-8-15)17-11-25-20-16(10-18(23)22-19(17)20)13-3-2-4-14(21)9-13/h2-9,11,16H,10H2,1H3,(H,22,23). The van der Waals surface area contributed by atoms with E-state index in [1.165, 1.54) is 4.88 Å². The Balaban J connectivity index is 1.78. The molecule has 25 heavy (non-hydrogen) atoms. The van der Waals surface area contributed by atoms with Crippen LogP contribution in [0.4, 0.5) is 5.69 Å². The molecule has 0 bridgehead atoms. The molecule has 1 atom stereocenters. The molecule has 2 aromatic carbocycles. The van der Waals surface area contributed by atoms with E-state index in [-0.39, 0.29) is 11.8 Å². The van der Waals surface area contributed by atoms with E-state index >= 15 is 0 Å². The van der Waals surface area contributed by atoms with Crippen LogP contribution < -0.4 is 10.1 Å². The molecule has 0 aliphatic carbocycles. The molecule has 0 spiro atoms. The summed E-state index contributed by atoms with van der Waals surface area (Å²) in [5.74, 6) is 0.979. The van der Waals surface area contributed by atoms with Crippen molar-refractivity contribution in [3.05, 3.63) is 68.8 Å². The maximum absolute atomic E-state index is 12.3. The lowest BCUT2D eigenvalue weighted by molar-refractivity contribution is -0.116. The predicted octanol–water partition coefficient (Wildman–Crippen LogP) is 5.66. The second-order valence-corrected chi connectivity index (χ2v) is 7.80. The highest BCUT2D eigenvalue weighted by atomic mass is 79.9. The molecule has 4 rings (SSSR count). The van der Waals surface area contributed by atoms with E-state index in [9.17, 15) is 4.79 Å². The van der Waals surface area contributed by atoms with Gasteiger partial charge in [0.1, 0.15) is 5.75 Å². The maximum atomic E-state index is 12.3. The van der Waals surface area contributed by atoms with Gasteiger partial charge in [-0.15, -0.1) is 11.3 Å². The lowest BCUT2D eigenvalue weighted by Gasteiger charge is -2.24. The van der Waals surface area contributed by atoms with E-state index in [2.05, 4.69) is 38.8 Å². The molecule has 2 heterocycles. The monoisotopic (exact) mass is 413 g/mol. The molecular weight excluding hydrogens is 398 g/mol. The van der Waals surface area contributed by atoms with Gasteiger partial charge in [0, 0.05) is 32.6 Å². The van der Waals surface area contributed by atoms with E-state index in [0.717, 1.165) is 32.6 Å². The number of hydrogen-bond donors (Lipinski definition) is 1. The zero-order chi connectivity index (χ0) is 17.4. The van der Waals surface area contributed by atoms with Gasteiger partial charge in [0.05, 0.1) is 12.8 Å². The number of carbonyl (C=O) groups is 1. The number of ether oxygens (including phenoxy) is 1. The van der Waals surface area contributed by atoms with Gasteiger partial charge in [-0.1, -0.05) is 40.2 Å². The van der Waals surface area contributed by atoms with Crippen molar-refractivity contribution in [2.75, 3.05) is 12.4 Å². The summed E-state index contributed by atoms with van der Waals surface area (Å²) < 4.78 is 6.26. The van der Waals surface area contributed by atoms with Crippen LogP contribution in [-0.2, 0) is 4.79 Å². The lowest BCUT2D eigenvalue weighted by atomic mass is 9.89. The van der Waals surface area contributed by atoms with Gasteiger partial charge in [-0.05, 0) is 35.4 Å². The molecule has 1 aliphatic rings. The van der Waals surface area contributed by atoms with Gasteiger partial charge in [-0.25, -0.2) is 0 Å². The van der Waals surface area contributed by atoms with E-state index in [1.807, 2.05) is 36.4 Å². The van der Waals surface area contributed by atoms with Crippen LogP contribution in [0.3, 0.4) is 0 Å². The fraction of sp³-hybridized carbons (Fsp3) is 0.150. The van der Waals surface area contributed by atoms with Crippen molar-refractivity contribution in [2.24, 2.45) is 0 Å². The number of anilines is 1. The highest BCUT2D eigenvalue weighted by Crippen LogP contribution is 2.46. The SMILES string of the molecule is COc1ccc(-c2csc3c2NC(=O)CC3c2cccc(Br)c2)cc1. The van der Waals surface area contributed by atoms with Gasteiger partial charge in [-0.3, -0.25) is 4.79 Å². The average molecular weight is 414 g/mol. The van der Waals surface area contributed by atoms with Crippen molar-refractivity contribution in [1.29, 1.82) is 0 Å². The van der Waals surface area contributed by atoms with Gasteiger partial charge in [-0.2, -0.15) is 0 Å². The summed E-state index contributed by atoms with van der Waals surface area (Å²) >= 11 is 5.24. The van der Waals surface area contributed by atoms with Crippen LogP contribution >= 0.6 is 27.3 Å². The largest absolute Gasteiger partial charge is 0.497 e. The number of amides is 1. The Morgan fingerprint density at radius 3 is 2.72 bits per heavy atom. The molecule has 1 aromatic heterocycles. The number of nitrogens with one attached hydrogen (secondary N) is 1. The van der Waals surface area contributed by atoms with E-state index < -0.39 is 0 Å². The summed E-state index contributed by atoms with van der Waals surface area (Å²) in [5, 5.41) is 5.21. The number of hydrogen-bond acceptors (Lipinski definition) is 3. The second kappa shape index (κ2) is 6.65. The fourth-order valence-corrected chi connectivity index (χ4v) is 4.78. The number of halogens is 1. The van der Waals surface area contributed by atoms with Crippen LogP contribution in [0.15, 0.2) is 58.4 Å². The first kappa shape index (κ1) is 16.4. The quantitative estimate of drug-likeness (QED) is 0.601. The molecule has 126 valence electrons. The van der Waals surface area contributed by atoms with Gasteiger partial charge < -0.3 is 10.1 Å². The Bertz CT molecular complexity index is 933. The third-order valence-electron chi connectivity index (χ3n) is 4.44. The Labute approximate surface area is 158 Å². The third kappa shape index (κ3) is 3.10. The molecule has 0 saturated heterocycles. The minimum atomic E-state index is 0.0608. The molecular formula is C20H16BrNO2S. The Morgan fingerprint density at radius 2 is 2.00 bits per heavy atom. The minimum absolute atomic E-state index is 0.0608. The summed E-state index contributed by atoms with van der Waals surface area (Å²) in [6.07, 6.45) is 0.478. The van der Waals surface area contributed by atoms with Gasteiger partial charge in [0.15, 0.2) is 0 Å². The van der Waals surface area contributed by atoms with Crippen molar-refractivity contribution in [1.82, 2.24) is 0 Å². The molecule has 1 amide bonds. The van der Waals surface area contributed by atoms with E-state index in [4.69, 9.17) is 4.74 Å². The minimum Gasteiger partial charge on any atom is -0.497 e. The van der Waals surface area contributed by atoms with Crippen LogP contribution in [0.25, 0.3) is 11.1 Å². The third-order valence-corrected chi connectivity index (χ3v) is 6.03. The first-order valence-corrected chi connectivity index (χ1v) is 9.64. The lowest BCUT2D eigenvalue weighted by Crippen LogP contribution is -2.22. The number of carbonyl (C=O) groups excluding carboxylic acids is 1. The molecule has 1 unspecified atom stereocenters. The Morgan fingerprint density at radius 1 is 1.20 bits per heavy atom. The van der Waals surface area contributed by atoms with E-state index in [0.29, 0.717) is 6.42 Å². The molecule has 3 nitrogen and oxygen atoms in total. The highest BCUT2D eigenvalue weighted by Gasteiger charge is 2.30. The van der Waals surface area contributed by atoms with E-state index in [1.54, 1.807) is 18.4 Å².